The summed E-state index contributed by atoms with van der Waals surface area (Å²) in [6, 6.07) is 6.77. The minimum Gasteiger partial charge on any atom is -0.378 e. The van der Waals surface area contributed by atoms with Gasteiger partial charge in [0.05, 0.1) is 13.2 Å². The minimum atomic E-state index is -0.392. The summed E-state index contributed by atoms with van der Waals surface area (Å²) >= 11 is 0. The van der Waals surface area contributed by atoms with Gasteiger partial charge in [-0.25, -0.2) is 14.6 Å². The number of nitrogens with zero attached hydrogens (tertiary/aromatic N) is 7. The molecule has 1 aliphatic heterocycles. The monoisotopic (exact) mass is 352 g/mol. The van der Waals surface area contributed by atoms with Crippen molar-refractivity contribution in [1.82, 2.24) is 29.9 Å². The Labute approximate surface area is 148 Å². The van der Waals surface area contributed by atoms with E-state index in [0.717, 1.165) is 18.9 Å². The Morgan fingerprint density at radius 1 is 1.12 bits per heavy atom. The Balaban J connectivity index is 1.46. The van der Waals surface area contributed by atoms with Gasteiger partial charge in [0.2, 0.25) is 0 Å². The van der Waals surface area contributed by atoms with Crippen molar-refractivity contribution in [1.29, 1.82) is 0 Å². The molecule has 0 aromatic carbocycles. The summed E-state index contributed by atoms with van der Waals surface area (Å²) in [5.41, 5.74) is 0.187. The van der Waals surface area contributed by atoms with Crippen molar-refractivity contribution in [3.8, 4) is 5.82 Å². The highest BCUT2D eigenvalue weighted by Gasteiger charge is 2.15. The van der Waals surface area contributed by atoms with E-state index in [1.165, 1.54) is 6.33 Å². The topological polar surface area (TPSA) is 111 Å². The SMILES string of the molecule is O=C(Nc1cc(N2CCOCC2)ncn1)c1ccc(-n2cccn2)nn1. The zero-order chi connectivity index (χ0) is 17.8. The molecule has 0 atom stereocenters. The number of hydrogen-bond acceptors (Lipinski definition) is 8. The lowest BCUT2D eigenvalue weighted by Crippen LogP contribution is -2.36. The first kappa shape index (κ1) is 16.1. The van der Waals surface area contributed by atoms with Crippen molar-refractivity contribution < 1.29 is 9.53 Å². The third-order valence-corrected chi connectivity index (χ3v) is 3.85. The number of nitrogens with one attached hydrogen (secondary N) is 1. The first-order valence-electron chi connectivity index (χ1n) is 8.09. The van der Waals surface area contributed by atoms with E-state index in [0.29, 0.717) is 24.8 Å². The minimum absolute atomic E-state index is 0.187. The number of carbonyl (C=O) groups is 1. The van der Waals surface area contributed by atoms with Gasteiger partial charge in [-0.15, -0.1) is 10.2 Å². The van der Waals surface area contributed by atoms with Crippen LogP contribution >= 0.6 is 0 Å². The van der Waals surface area contributed by atoms with Gasteiger partial charge in [-0.3, -0.25) is 4.79 Å². The molecule has 1 fully saturated rings. The van der Waals surface area contributed by atoms with Crippen LogP contribution in [-0.2, 0) is 4.74 Å². The molecule has 1 N–H and O–H groups in total. The molecule has 3 aromatic heterocycles. The van der Waals surface area contributed by atoms with Crippen LogP contribution in [0, 0.1) is 0 Å². The van der Waals surface area contributed by atoms with E-state index < -0.39 is 5.91 Å². The van der Waals surface area contributed by atoms with Crippen LogP contribution in [0.25, 0.3) is 5.82 Å². The summed E-state index contributed by atoms with van der Waals surface area (Å²) in [7, 11) is 0. The first-order valence-corrected chi connectivity index (χ1v) is 8.09. The molecule has 1 aliphatic rings. The number of amides is 1. The summed E-state index contributed by atoms with van der Waals surface area (Å²) in [4.78, 5) is 22.8. The predicted octanol–water partition coefficient (Wildman–Crippen LogP) is 0.541. The second-order valence-electron chi connectivity index (χ2n) is 5.54. The van der Waals surface area contributed by atoms with Crippen LogP contribution in [0.5, 0.6) is 0 Å². The van der Waals surface area contributed by atoms with Gasteiger partial charge in [0, 0.05) is 31.5 Å². The van der Waals surface area contributed by atoms with Crippen LogP contribution in [0.2, 0.25) is 0 Å². The Bertz CT molecular complexity index is 876. The van der Waals surface area contributed by atoms with Gasteiger partial charge in [-0.05, 0) is 18.2 Å². The molecule has 0 radical (unpaired) electrons. The van der Waals surface area contributed by atoms with Gasteiger partial charge in [-0.1, -0.05) is 0 Å². The van der Waals surface area contributed by atoms with Gasteiger partial charge in [-0.2, -0.15) is 5.10 Å². The quantitative estimate of drug-likeness (QED) is 0.724. The molecule has 4 heterocycles. The molecular formula is C16H16N8O2. The third kappa shape index (κ3) is 3.49. The second-order valence-corrected chi connectivity index (χ2v) is 5.54. The van der Waals surface area contributed by atoms with Gasteiger partial charge in [0.15, 0.2) is 11.5 Å². The largest absolute Gasteiger partial charge is 0.378 e. The van der Waals surface area contributed by atoms with Crippen LogP contribution in [0.3, 0.4) is 0 Å². The fraction of sp³-hybridized carbons (Fsp3) is 0.250. The highest BCUT2D eigenvalue weighted by atomic mass is 16.5. The lowest BCUT2D eigenvalue weighted by molar-refractivity contribution is 0.102. The smallest absolute Gasteiger partial charge is 0.277 e. The molecule has 132 valence electrons. The number of morpholine rings is 1. The maximum atomic E-state index is 12.4. The number of anilines is 2. The summed E-state index contributed by atoms with van der Waals surface area (Å²) < 4.78 is 6.90. The average Bonchev–Trinajstić information content (AvgIpc) is 3.24. The molecule has 10 heteroatoms. The fourth-order valence-corrected chi connectivity index (χ4v) is 2.53. The normalized spacial score (nSPS) is 14.2. The van der Waals surface area contributed by atoms with Crippen LogP contribution < -0.4 is 10.2 Å². The van der Waals surface area contributed by atoms with E-state index in [-0.39, 0.29) is 5.69 Å². The third-order valence-electron chi connectivity index (χ3n) is 3.85. The van der Waals surface area contributed by atoms with Gasteiger partial charge < -0.3 is 15.0 Å². The summed E-state index contributed by atoms with van der Waals surface area (Å²) in [6.45, 7) is 2.82. The maximum absolute atomic E-state index is 12.4. The molecule has 0 spiro atoms. The van der Waals surface area contributed by atoms with Gasteiger partial charge in [0.25, 0.3) is 5.91 Å². The van der Waals surface area contributed by atoms with Crippen molar-refractivity contribution in [3.63, 3.8) is 0 Å². The molecule has 4 rings (SSSR count). The van der Waals surface area contributed by atoms with Gasteiger partial charge in [0.1, 0.15) is 18.0 Å². The summed E-state index contributed by atoms with van der Waals surface area (Å²) in [5.74, 6) is 1.29. The van der Waals surface area contributed by atoms with E-state index in [4.69, 9.17) is 4.74 Å². The van der Waals surface area contributed by atoms with Gasteiger partial charge >= 0.3 is 0 Å². The Morgan fingerprint density at radius 3 is 2.73 bits per heavy atom. The Kier molecular flexibility index (Phi) is 4.48. The molecule has 0 aliphatic carbocycles. The summed E-state index contributed by atoms with van der Waals surface area (Å²) in [5, 5.41) is 14.7. The zero-order valence-electron chi connectivity index (χ0n) is 13.8. The molecule has 0 saturated carbocycles. The lowest BCUT2D eigenvalue weighted by Gasteiger charge is -2.27. The maximum Gasteiger partial charge on any atom is 0.277 e. The zero-order valence-corrected chi connectivity index (χ0v) is 13.8. The van der Waals surface area contributed by atoms with E-state index >= 15 is 0 Å². The number of aromatic nitrogens is 6. The molecule has 1 amide bonds. The van der Waals surface area contributed by atoms with Crippen LogP contribution in [0.15, 0.2) is 43.0 Å². The number of hydrogen-bond donors (Lipinski definition) is 1. The van der Waals surface area contributed by atoms with Crippen molar-refractivity contribution in [2.75, 3.05) is 36.5 Å². The highest BCUT2D eigenvalue weighted by Crippen LogP contribution is 2.16. The van der Waals surface area contributed by atoms with Crippen molar-refractivity contribution in [2.45, 2.75) is 0 Å². The molecule has 0 unspecified atom stereocenters. The van der Waals surface area contributed by atoms with E-state index in [9.17, 15) is 4.79 Å². The first-order chi connectivity index (χ1) is 12.8. The molecule has 1 saturated heterocycles. The molecule has 3 aromatic rings. The van der Waals surface area contributed by atoms with Crippen LogP contribution in [-0.4, -0.2) is 62.2 Å². The predicted molar refractivity (Wildman–Crippen MR) is 92.2 cm³/mol. The lowest BCUT2D eigenvalue weighted by atomic mass is 10.3. The standard InChI is InChI=1S/C16H16N8O2/c25-16(12-2-3-14(22-21-12)24-5-1-4-19-24)20-13-10-15(18-11-17-13)23-6-8-26-9-7-23/h1-5,10-11H,6-9H2,(H,17,18,20,25). The van der Waals surface area contributed by atoms with E-state index in [2.05, 4.69) is 35.5 Å². The Morgan fingerprint density at radius 2 is 2.00 bits per heavy atom. The van der Waals surface area contributed by atoms with Crippen LogP contribution in [0.4, 0.5) is 11.6 Å². The van der Waals surface area contributed by atoms with Crippen molar-refractivity contribution >= 4 is 17.5 Å². The molecule has 0 bridgehead atoms. The van der Waals surface area contributed by atoms with Crippen LogP contribution in [0.1, 0.15) is 10.5 Å². The summed E-state index contributed by atoms with van der Waals surface area (Å²) in [6.07, 6.45) is 4.81. The molecular weight excluding hydrogens is 336 g/mol. The number of rotatable bonds is 4. The average molecular weight is 352 g/mol. The van der Waals surface area contributed by atoms with Crippen molar-refractivity contribution in [3.05, 3.63) is 48.7 Å². The van der Waals surface area contributed by atoms with E-state index in [1.54, 1.807) is 41.3 Å². The fourth-order valence-electron chi connectivity index (χ4n) is 2.53. The Hall–Kier alpha value is -3.40. The highest BCUT2D eigenvalue weighted by molar-refractivity contribution is 6.02. The number of ether oxygens (including phenoxy) is 1. The van der Waals surface area contributed by atoms with Crippen molar-refractivity contribution in [2.24, 2.45) is 0 Å². The van der Waals surface area contributed by atoms with E-state index in [1.807, 2.05) is 0 Å². The second kappa shape index (κ2) is 7.23. The number of carbonyl (C=O) groups excluding carboxylic acids is 1. The molecule has 10 nitrogen and oxygen atoms in total. The molecule has 26 heavy (non-hydrogen) atoms.